The molecule has 1 fully saturated rings. The van der Waals surface area contributed by atoms with Crippen molar-refractivity contribution in [1.82, 2.24) is 0 Å². The van der Waals surface area contributed by atoms with Crippen molar-refractivity contribution in [3.8, 4) is 0 Å². The summed E-state index contributed by atoms with van der Waals surface area (Å²) in [4.78, 5) is 25.4. The molecule has 1 heterocycles. The highest BCUT2D eigenvalue weighted by Gasteiger charge is 2.46. The number of hydrogen-bond donors (Lipinski definition) is 4. The van der Waals surface area contributed by atoms with Gasteiger partial charge in [0.1, 0.15) is 36.8 Å². The van der Waals surface area contributed by atoms with Crippen LogP contribution in [0, 0.1) is 0 Å². The third-order valence-electron chi connectivity index (χ3n) is 11.6. The highest BCUT2D eigenvalue weighted by atomic mass is 32.2. The zero-order valence-corrected chi connectivity index (χ0v) is 39.4. The van der Waals surface area contributed by atoms with E-state index in [2.05, 4.69) is 26.0 Å². The van der Waals surface area contributed by atoms with Crippen LogP contribution in [0.3, 0.4) is 0 Å². The number of aliphatic hydroxyl groups excluding tert-OH is 3. The van der Waals surface area contributed by atoms with Crippen LogP contribution in [-0.4, -0.2) is 96.0 Å². The fraction of sp³-hybridized carbons (Fsp3) is 0.917. The summed E-state index contributed by atoms with van der Waals surface area (Å²) in [6.45, 7) is 3.76. The highest BCUT2D eigenvalue weighted by molar-refractivity contribution is 7.85. The van der Waals surface area contributed by atoms with E-state index in [4.69, 9.17) is 18.9 Å². The molecule has 1 rings (SSSR count). The number of unbranched alkanes of at least 4 members (excludes halogenated alkanes) is 28. The fourth-order valence-electron chi connectivity index (χ4n) is 7.73. The van der Waals surface area contributed by atoms with Crippen molar-refractivity contribution in [2.24, 2.45) is 0 Å². The molecule has 4 N–H and O–H groups in total. The molecule has 2 unspecified atom stereocenters. The van der Waals surface area contributed by atoms with E-state index in [-0.39, 0.29) is 19.4 Å². The molecule has 1 aliphatic heterocycles. The number of carbonyl (C=O) groups excluding carboxylic acids is 2. The molecular weight excluding hydrogens is 801 g/mol. The number of ether oxygens (including phenoxy) is 4. The number of hydrogen-bond acceptors (Lipinski definition) is 11. The second kappa shape index (κ2) is 38.8. The number of allylic oxidation sites excluding steroid dienone is 2. The van der Waals surface area contributed by atoms with E-state index in [0.29, 0.717) is 12.8 Å². The first kappa shape index (κ1) is 57.4. The Morgan fingerprint density at radius 1 is 0.541 bits per heavy atom. The van der Waals surface area contributed by atoms with Gasteiger partial charge in [0.05, 0.1) is 6.61 Å². The van der Waals surface area contributed by atoms with E-state index in [1.807, 2.05) is 0 Å². The first-order valence-electron chi connectivity index (χ1n) is 24.7. The Morgan fingerprint density at radius 2 is 0.934 bits per heavy atom. The number of aliphatic hydroxyl groups is 3. The number of carbonyl (C=O) groups is 2. The maximum Gasteiger partial charge on any atom is 0.306 e. The van der Waals surface area contributed by atoms with Crippen molar-refractivity contribution >= 4 is 22.1 Å². The summed E-state index contributed by atoms with van der Waals surface area (Å²) in [6, 6.07) is 0. The summed E-state index contributed by atoms with van der Waals surface area (Å²) in [6.07, 6.45) is 32.6. The summed E-state index contributed by atoms with van der Waals surface area (Å²) >= 11 is 0. The van der Waals surface area contributed by atoms with E-state index in [0.717, 1.165) is 57.8 Å². The third kappa shape index (κ3) is 33.6. The van der Waals surface area contributed by atoms with Gasteiger partial charge < -0.3 is 34.3 Å². The molecule has 0 aromatic carbocycles. The second-order valence-electron chi connectivity index (χ2n) is 17.5. The molecule has 13 heteroatoms. The van der Waals surface area contributed by atoms with E-state index in [9.17, 15) is 37.9 Å². The van der Waals surface area contributed by atoms with Gasteiger partial charge in [0.15, 0.2) is 12.4 Å². The van der Waals surface area contributed by atoms with Crippen LogP contribution in [0.4, 0.5) is 0 Å². The van der Waals surface area contributed by atoms with E-state index in [1.54, 1.807) is 0 Å². The van der Waals surface area contributed by atoms with Gasteiger partial charge in [-0.2, -0.15) is 8.42 Å². The van der Waals surface area contributed by atoms with Crippen LogP contribution in [-0.2, 0) is 38.7 Å². The minimum absolute atomic E-state index is 0.169. The molecule has 0 saturated carbocycles. The molecule has 1 saturated heterocycles. The van der Waals surface area contributed by atoms with E-state index >= 15 is 0 Å². The molecule has 0 radical (unpaired) electrons. The number of rotatable bonds is 42. The Balaban J connectivity index is 2.35. The lowest BCUT2D eigenvalue weighted by molar-refractivity contribution is -0.297. The highest BCUT2D eigenvalue weighted by Crippen LogP contribution is 2.24. The quantitative estimate of drug-likeness (QED) is 0.0197. The lowest BCUT2D eigenvalue weighted by atomic mass is 10.00. The molecule has 0 aromatic heterocycles. The summed E-state index contributed by atoms with van der Waals surface area (Å²) in [7, 11) is -4.60. The molecule has 0 aromatic rings. The molecule has 12 nitrogen and oxygen atoms in total. The van der Waals surface area contributed by atoms with Gasteiger partial charge in [-0.1, -0.05) is 187 Å². The Hall–Kier alpha value is -1.61. The van der Waals surface area contributed by atoms with Crippen LogP contribution >= 0.6 is 0 Å². The fourth-order valence-corrected chi connectivity index (χ4v) is 8.42. The minimum atomic E-state index is -4.60. The largest absolute Gasteiger partial charge is 0.462 e. The first-order valence-corrected chi connectivity index (χ1v) is 26.4. The second-order valence-corrected chi connectivity index (χ2v) is 19.0. The van der Waals surface area contributed by atoms with Crippen molar-refractivity contribution in [2.45, 2.75) is 263 Å². The molecular formula is C48H90O12S. The van der Waals surface area contributed by atoms with Gasteiger partial charge in [0.2, 0.25) is 0 Å². The summed E-state index contributed by atoms with van der Waals surface area (Å²) in [5.74, 6) is -1.98. The predicted octanol–water partition coefficient (Wildman–Crippen LogP) is 10.6. The molecule has 1 aliphatic rings. The van der Waals surface area contributed by atoms with Crippen molar-refractivity contribution in [3.05, 3.63) is 12.2 Å². The standard InChI is InChI=1S/C48H90O12S/c1-3-5-7-9-11-13-15-17-18-19-20-21-22-23-24-25-27-29-31-33-35-37-44(50)59-41(39-58-48-47(53)46(52)45(51)42(60-48)40-61(54,55)56)38-57-43(49)36-34-32-30-28-26-16-14-12-10-8-6-4-2/h12,14,41-42,45-48,51-53H,3-11,13,15-40H2,1-2H3,(H,54,55,56)/b14-12+/t41-,42-,45-,46?,47?,48+/m1/s1. The average molecular weight is 891 g/mol. The molecule has 0 amide bonds. The van der Waals surface area contributed by atoms with Crippen molar-refractivity contribution in [2.75, 3.05) is 19.0 Å². The number of esters is 2. The molecule has 0 spiro atoms. The Kier molecular flexibility index (Phi) is 36.5. The average Bonchev–Trinajstić information content (AvgIpc) is 3.22. The summed E-state index contributed by atoms with van der Waals surface area (Å²) < 4.78 is 54.1. The Morgan fingerprint density at radius 3 is 1.39 bits per heavy atom. The zero-order valence-electron chi connectivity index (χ0n) is 38.5. The summed E-state index contributed by atoms with van der Waals surface area (Å²) in [5.41, 5.74) is 0. The maximum absolute atomic E-state index is 12.8. The predicted molar refractivity (Wildman–Crippen MR) is 243 cm³/mol. The smallest absolute Gasteiger partial charge is 0.306 e. The van der Waals surface area contributed by atoms with Crippen molar-refractivity contribution < 1.29 is 56.8 Å². The van der Waals surface area contributed by atoms with Gasteiger partial charge in [-0.3, -0.25) is 14.1 Å². The topological polar surface area (TPSA) is 186 Å². The van der Waals surface area contributed by atoms with Gasteiger partial charge in [-0.05, 0) is 38.5 Å². The first-order chi connectivity index (χ1) is 29.5. The molecule has 360 valence electrons. The van der Waals surface area contributed by atoms with Crippen LogP contribution in [0.5, 0.6) is 0 Å². The van der Waals surface area contributed by atoms with Crippen molar-refractivity contribution in [1.29, 1.82) is 0 Å². The van der Waals surface area contributed by atoms with Gasteiger partial charge in [-0.25, -0.2) is 0 Å². The van der Waals surface area contributed by atoms with Crippen LogP contribution in [0.25, 0.3) is 0 Å². The van der Waals surface area contributed by atoms with Crippen LogP contribution in [0.15, 0.2) is 12.2 Å². The molecule has 0 aliphatic carbocycles. The minimum Gasteiger partial charge on any atom is -0.462 e. The molecule has 61 heavy (non-hydrogen) atoms. The van der Waals surface area contributed by atoms with E-state index in [1.165, 1.54) is 128 Å². The van der Waals surface area contributed by atoms with Crippen LogP contribution < -0.4 is 0 Å². The third-order valence-corrected chi connectivity index (χ3v) is 12.3. The van der Waals surface area contributed by atoms with Gasteiger partial charge in [0.25, 0.3) is 10.1 Å². The Bertz CT molecular complexity index is 1180. The molecule has 6 atom stereocenters. The maximum atomic E-state index is 12.8. The van der Waals surface area contributed by atoms with Gasteiger partial charge in [0, 0.05) is 12.8 Å². The van der Waals surface area contributed by atoms with Crippen LogP contribution in [0.1, 0.15) is 226 Å². The lowest BCUT2D eigenvalue weighted by Crippen LogP contribution is -2.60. The van der Waals surface area contributed by atoms with Gasteiger partial charge in [-0.15, -0.1) is 0 Å². The normalized spacial score (nSPS) is 20.0. The van der Waals surface area contributed by atoms with E-state index < -0.39 is 71.2 Å². The Labute approximate surface area is 371 Å². The lowest BCUT2D eigenvalue weighted by Gasteiger charge is -2.40. The molecule has 0 bridgehead atoms. The zero-order chi connectivity index (χ0) is 44.8. The van der Waals surface area contributed by atoms with Crippen LogP contribution in [0.2, 0.25) is 0 Å². The summed E-state index contributed by atoms with van der Waals surface area (Å²) in [5, 5.41) is 30.9. The SMILES string of the molecule is CCCCC/C=C/CCCCCCCC(=O)OC[C@H](CO[C@H]1O[C@H](CS(=O)(=O)O)[C@@H](O)C(O)C1O)OC(=O)CCCCCCCCCCCCCCCCCCCCCCC. The monoisotopic (exact) mass is 891 g/mol. The van der Waals surface area contributed by atoms with Gasteiger partial charge >= 0.3 is 11.9 Å². The van der Waals surface area contributed by atoms with Crippen molar-refractivity contribution in [3.63, 3.8) is 0 Å².